The van der Waals surface area contributed by atoms with Crippen molar-refractivity contribution in [1.82, 2.24) is 0 Å². The Morgan fingerprint density at radius 2 is 1.93 bits per heavy atom. The number of nitrogens with two attached hydrogens (primary N) is 2. The summed E-state index contributed by atoms with van der Waals surface area (Å²) in [5, 5.41) is 7.89. The van der Waals surface area contributed by atoms with Crippen LogP contribution < -0.4 is 11.5 Å². The van der Waals surface area contributed by atoms with E-state index >= 15 is 0 Å². The fraction of sp³-hybridized carbons (Fsp3) is 0.750. The Hall–Kier alpha value is -0.490. The summed E-state index contributed by atoms with van der Waals surface area (Å²) in [7, 11) is 0. The Balaban J connectivity index is 3.92. The Kier molecular flexibility index (Phi) is 6.65. The highest BCUT2D eigenvalue weighted by molar-refractivity contribution is 6.66. The van der Waals surface area contributed by atoms with Gasteiger partial charge in [-0.1, -0.05) is 6.42 Å². The van der Waals surface area contributed by atoms with E-state index in [1.807, 2.05) is 0 Å². The average Bonchev–Trinajstić information content (AvgIpc) is 2.15. The van der Waals surface area contributed by atoms with E-state index in [4.69, 9.17) is 28.2 Å². The van der Waals surface area contributed by atoms with Gasteiger partial charge in [0.15, 0.2) is 11.9 Å². The lowest BCUT2D eigenvalue weighted by Crippen LogP contribution is -2.41. The summed E-state index contributed by atoms with van der Waals surface area (Å²) < 4.78 is 0. The Labute approximate surface area is 87.4 Å². The maximum Gasteiger partial charge on any atom is 0.257 e. The van der Waals surface area contributed by atoms with Crippen LogP contribution in [0.4, 0.5) is 0 Å². The van der Waals surface area contributed by atoms with Crippen molar-refractivity contribution in [2.45, 2.75) is 31.4 Å². The molecule has 5 N–H and O–H groups in total. The largest absolute Gasteiger partial charge is 0.376 e. The monoisotopic (exact) mass is 222 g/mol. The van der Waals surface area contributed by atoms with E-state index in [0.717, 1.165) is 6.42 Å². The van der Waals surface area contributed by atoms with Crippen LogP contribution in [-0.2, 0) is 9.59 Å². The summed E-state index contributed by atoms with van der Waals surface area (Å²) >= 11 is 4.94. The molecule has 0 rings (SSSR count). The minimum atomic E-state index is -1.80. The van der Waals surface area contributed by atoms with E-state index < -0.39 is 23.2 Å². The normalized spacial score (nSPS) is 14.9. The maximum absolute atomic E-state index is 11.2. The third-order valence-corrected chi connectivity index (χ3v) is 2.03. The summed E-state index contributed by atoms with van der Waals surface area (Å²) in [6.07, 6.45) is 0.0417. The van der Waals surface area contributed by atoms with Gasteiger partial charge in [0.1, 0.15) is 0 Å². The molecule has 0 radical (unpaired) electrons. The van der Waals surface area contributed by atoms with Crippen LogP contribution >= 0.6 is 11.6 Å². The minimum absolute atomic E-state index is 0.400. The van der Waals surface area contributed by atoms with Gasteiger partial charge in [0.05, 0.1) is 6.04 Å². The molecular formula is C8H15ClN2O3. The topological polar surface area (TPSA) is 106 Å². The van der Waals surface area contributed by atoms with Gasteiger partial charge in [-0.3, -0.25) is 9.59 Å². The Morgan fingerprint density at radius 3 is 2.36 bits per heavy atom. The van der Waals surface area contributed by atoms with Crippen molar-refractivity contribution in [2.75, 3.05) is 6.54 Å². The molecule has 0 aliphatic rings. The molecule has 82 valence electrons. The van der Waals surface area contributed by atoms with Gasteiger partial charge in [-0.25, -0.2) is 0 Å². The number of ketones is 1. The number of aliphatic hydroxyl groups excluding tert-OH is 1. The van der Waals surface area contributed by atoms with E-state index in [1.165, 1.54) is 0 Å². The lowest BCUT2D eigenvalue weighted by molar-refractivity contribution is -0.135. The average molecular weight is 223 g/mol. The molecule has 0 aromatic rings. The molecule has 0 amide bonds. The van der Waals surface area contributed by atoms with Gasteiger partial charge in [0.25, 0.3) is 5.24 Å². The first kappa shape index (κ1) is 13.5. The molecule has 6 heteroatoms. The Bertz CT molecular complexity index is 211. The fourth-order valence-corrected chi connectivity index (χ4v) is 1.07. The van der Waals surface area contributed by atoms with Crippen LogP contribution in [0.25, 0.3) is 0 Å². The number of carbonyl (C=O) groups is 2. The lowest BCUT2D eigenvalue weighted by Gasteiger charge is -2.11. The number of aliphatic hydroxyl groups is 1. The molecule has 2 atom stereocenters. The molecule has 0 fully saturated rings. The van der Waals surface area contributed by atoms with Gasteiger partial charge in [-0.05, 0) is 31.0 Å². The maximum atomic E-state index is 11.2. The highest BCUT2D eigenvalue weighted by Crippen LogP contribution is 2.03. The third-order valence-electron chi connectivity index (χ3n) is 1.82. The molecule has 0 aromatic heterocycles. The van der Waals surface area contributed by atoms with E-state index in [2.05, 4.69) is 0 Å². The molecule has 0 heterocycles. The molecule has 0 bridgehead atoms. The van der Waals surface area contributed by atoms with Crippen molar-refractivity contribution >= 4 is 22.6 Å². The quantitative estimate of drug-likeness (QED) is 0.295. The first-order valence-electron chi connectivity index (χ1n) is 4.37. The number of halogens is 1. The van der Waals surface area contributed by atoms with Crippen molar-refractivity contribution < 1.29 is 14.7 Å². The van der Waals surface area contributed by atoms with E-state index in [0.29, 0.717) is 19.4 Å². The summed E-state index contributed by atoms with van der Waals surface area (Å²) in [6.45, 7) is 0.526. The molecule has 0 saturated heterocycles. The highest BCUT2D eigenvalue weighted by Gasteiger charge is 2.26. The standard InChI is InChI=1S/C8H15ClN2O3/c9-8(14)7(13)6(12)5(11)3-1-2-4-10/h5,7,13H,1-4,10-11H2. The zero-order chi connectivity index (χ0) is 11.1. The number of carbonyl (C=O) groups excluding carboxylic acids is 2. The summed E-state index contributed by atoms with van der Waals surface area (Å²) in [6, 6.07) is -0.848. The van der Waals surface area contributed by atoms with Crippen molar-refractivity contribution in [2.24, 2.45) is 11.5 Å². The summed E-state index contributed by atoms with van der Waals surface area (Å²) in [4.78, 5) is 21.6. The molecule has 0 aliphatic heterocycles. The molecule has 14 heavy (non-hydrogen) atoms. The van der Waals surface area contributed by atoms with Crippen molar-refractivity contribution in [1.29, 1.82) is 0 Å². The molecular weight excluding hydrogens is 208 g/mol. The number of hydrogen-bond acceptors (Lipinski definition) is 5. The minimum Gasteiger partial charge on any atom is -0.376 e. The van der Waals surface area contributed by atoms with E-state index in [1.54, 1.807) is 0 Å². The smallest absolute Gasteiger partial charge is 0.257 e. The van der Waals surface area contributed by atoms with Crippen molar-refractivity contribution in [3.8, 4) is 0 Å². The van der Waals surface area contributed by atoms with Gasteiger partial charge < -0.3 is 16.6 Å². The van der Waals surface area contributed by atoms with Crippen molar-refractivity contribution in [3.63, 3.8) is 0 Å². The zero-order valence-electron chi connectivity index (χ0n) is 7.78. The summed E-state index contributed by atoms with van der Waals surface area (Å²) in [5.41, 5.74) is 10.7. The number of hydrogen-bond donors (Lipinski definition) is 3. The van der Waals surface area contributed by atoms with E-state index in [9.17, 15) is 9.59 Å². The highest BCUT2D eigenvalue weighted by atomic mass is 35.5. The number of unbranched alkanes of at least 4 members (excludes halogenated alkanes) is 1. The van der Waals surface area contributed by atoms with Gasteiger partial charge in [-0.2, -0.15) is 0 Å². The van der Waals surface area contributed by atoms with Crippen LogP contribution in [-0.4, -0.2) is 34.8 Å². The first-order chi connectivity index (χ1) is 6.50. The second-order valence-corrected chi connectivity index (χ2v) is 3.37. The van der Waals surface area contributed by atoms with Crippen LogP contribution in [0.3, 0.4) is 0 Å². The van der Waals surface area contributed by atoms with Crippen LogP contribution in [0.1, 0.15) is 19.3 Å². The van der Waals surface area contributed by atoms with Crippen LogP contribution in [0.15, 0.2) is 0 Å². The van der Waals surface area contributed by atoms with E-state index in [-0.39, 0.29) is 0 Å². The van der Waals surface area contributed by atoms with Gasteiger partial charge in [0, 0.05) is 0 Å². The zero-order valence-corrected chi connectivity index (χ0v) is 8.54. The lowest BCUT2D eigenvalue weighted by atomic mass is 10.0. The van der Waals surface area contributed by atoms with Crippen LogP contribution in [0.2, 0.25) is 0 Å². The predicted molar refractivity (Wildman–Crippen MR) is 52.8 cm³/mol. The molecule has 5 nitrogen and oxygen atoms in total. The molecule has 0 aromatic carbocycles. The van der Waals surface area contributed by atoms with Gasteiger partial charge in [-0.15, -0.1) is 0 Å². The first-order valence-corrected chi connectivity index (χ1v) is 4.75. The van der Waals surface area contributed by atoms with Crippen LogP contribution in [0.5, 0.6) is 0 Å². The second kappa shape index (κ2) is 6.89. The van der Waals surface area contributed by atoms with Gasteiger partial charge >= 0.3 is 0 Å². The van der Waals surface area contributed by atoms with Crippen LogP contribution in [0, 0.1) is 0 Å². The number of rotatable bonds is 7. The molecule has 0 spiro atoms. The third kappa shape index (κ3) is 4.66. The number of Topliss-reactive ketones (excluding diaryl/α,β-unsaturated/α-hetero) is 1. The SMILES string of the molecule is NCCCCC(N)C(=O)C(O)C(=O)Cl. The predicted octanol–water partition coefficient (Wildman–Crippen LogP) is -0.862. The fourth-order valence-electron chi connectivity index (χ4n) is 0.965. The summed E-state index contributed by atoms with van der Waals surface area (Å²) in [5.74, 6) is -0.734. The second-order valence-electron chi connectivity index (χ2n) is 3.00. The molecule has 2 unspecified atom stereocenters. The molecule has 0 saturated carbocycles. The van der Waals surface area contributed by atoms with Crippen molar-refractivity contribution in [3.05, 3.63) is 0 Å². The van der Waals surface area contributed by atoms with Gasteiger partial charge in [0.2, 0.25) is 0 Å². The Morgan fingerprint density at radius 1 is 1.36 bits per heavy atom. The molecule has 0 aliphatic carbocycles.